The highest BCUT2D eigenvalue weighted by Crippen LogP contribution is 2.48. The predicted octanol–water partition coefficient (Wildman–Crippen LogP) is 7.02. The zero-order valence-corrected chi connectivity index (χ0v) is 19.7. The standard InChI is InChI=1S/C32H24O2/c1-17-13-19(3)27-25(15-17)31(33)23-11-7-5-9-21(23)29(27)30-22-10-6-8-12-24(22)32(34)26-16-18(2)14-20(4)28(26)30/h5-16H,1-4H3/b30-29+. The minimum absolute atomic E-state index is 0.0581. The maximum atomic E-state index is 13.6. The Kier molecular flexibility index (Phi) is 4.37. The van der Waals surface area contributed by atoms with Crippen LogP contribution in [0, 0.1) is 27.7 Å². The topological polar surface area (TPSA) is 34.1 Å². The molecular weight excluding hydrogens is 416 g/mol. The van der Waals surface area contributed by atoms with Crippen molar-refractivity contribution in [2.45, 2.75) is 27.7 Å². The van der Waals surface area contributed by atoms with Gasteiger partial charge in [0, 0.05) is 22.3 Å². The van der Waals surface area contributed by atoms with Gasteiger partial charge in [0.05, 0.1) is 0 Å². The third-order valence-electron chi connectivity index (χ3n) is 7.08. The van der Waals surface area contributed by atoms with Gasteiger partial charge < -0.3 is 0 Å². The van der Waals surface area contributed by atoms with Gasteiger partial charge in [-0.05, 0) is 84.4 Å². The van der Waals surface area contributed by atoms with Crippen LogP contribution < -0.4 is 0 Å². The van der Waals surface area contributed by atoms with Crippen molar-refractivity contribution in [3.05, 3.63) is 140 Å². The lowest BCUT2D eigenvalue weighted by Crippen LogP contribution is -2.21. The van der Waals surface area contributed by atoms with Gasteiger partial charge in [0.25, 0.3) is 0 Å². The molecule has 4 aromatic rings. The van der Waals surface area contributed by atoms with E-state index in [1.807, 2.05) is 74.5 Å². The fourth-order valence-electron chi connectivity index (χ4n) is 5.83. The summed E-state index contributed by atoms with van der Waals surface area (Å²) in [6.45, 7) is 8.22. The molecule has 0 unspecified atom stereocenters. The van der Waals surface area contributed by atoms with Crippen LogP contribution in [0.1, 0.15) is 76.4 Å². The molecule has 6 rings (SSSR count). The van der Waals surface area contributed by atoms with E-state index in [0.717, 1.165) is 66.8 Å². The highest BCUT2D eigenvalue weighted by atomic mass is 16.1. The van der Waals surface area contributed by atoms with Crippen LogP contribution >= 0.6 is 0 Å². The number of hydrogen-bond acceptors (Lipinski definition) is 2. The summed E-state index contributed by atoms with van der Waals surface area (Å²) in [5.74, 6) is 0.116. The lowest BCUT2D eigenvalue weighted by Gasteiger charge is -2.31. The molecule has 2 aliphatic carbocycles. The Balaban J connectivity index is 1.88. The third kappa shape index (κ3) is 2.75. The SMILES string of the molecule is Cc1cc(C)c2c(c1)C(=O)c1ccccc1/C2=C1/c2ccccc2C(=O)c2cc(C)cc(C)c21. The Bertz CT molecular complexity index is 1490. The van der Waals surface area contributed by atoms with Crippen molar-refractivity contribution in [3.63, 3.8) is 0 Å². The first-order valence-corrected chi connectivity index (χ1v) is 11.6. The highest BCUT2D eigenvalue weighted by molar-refractivity contribution is 6.27. The summed E-state index contributed by atoms with van der Waals surface area (Å²) in [6.07, 6.45) is 0. The normalized spacial score (nSPS) is 16.0. The summed E-state index contributed by atoms with van der Waals surface area (Å²) in [6, 6.07) is 24.0. The molecule has 2 aliphatic rings. The maximum Gasteiger partial charge on any atom is 0.194 e. The van der Waals surface area contributed by atoms with Gasteiger partial charge in [-0.25, -0.2) is 0 Å². The van der Waals surface area contributed by atoms with E-state index in [-0.39, 0.29) is 11.6 Å². The summed E-state index contributed by atoms with van der Waals surface area (Å²) in [5.41, 5.74) is 13.0. The Morgan fingerprint density at radius 2 is 0.794 bits per heavy atom. The minimum Gasteiger partial charge on any atom is -0.289 e. The van der Waals surface area contributed by atoms with Gasteiger partial charge in [-0.15, -0.1) is 0 Å². The summed E-state index contributed by atoms with van der Waals surface area (Å²) in [7, 11) is 0. The van der Waals surface area contributed by atoms with Crippen LogP contribution in [-0.2, 0) is 0 Å². The third-order valence-corrected chi connectivity index (χ3v) is 7.08. The molecule has 34 heavy (non-hydrogen) atoms. The molecule has 0 fully saturated rings. The van der Waals surface area contributed by atoms with E-state index in [1.165, 1.54) is 0 Å². The number of fused-ring (bicyclic) bond motifs is 4. The highest BCUT2D eigenvalue weighted by Gasteiger charge is 2.36. The molecule has 0 N–H and O–H groups in total. The number of benzene rings is 4. The van der Waals surface area contributed by atoms with Crippen molar-refractivity contribution in [2.75, 3.05) is 0 Å². The van der Waals surface area contributed by atoms with Gasteiger partial charge in [0.2, 0.25) is 0 Å². The van der Waals surface area contributed by atoms with E-state index in [0.29, 0.717) is 11.1 Å². The molecule has 0 spiro atoms. The van der Waals surface area contributed by atoms with E-state index < -0.39 is 0 Å². The molecule has 0 atom stereocenters. The van der Waals surface area contributed by atoms with Crippen molar-refractivity contribution in [2.24, 2.45) is 0 Å². The monoisotopic (exact) mass is 440 g/mol. The van der Waals surface area contributed by atoms with E-state index in [4.69, 9.17) is 0 Å². The summed E-state index contributed by atoms with van der Waals surface area (Å²) in [4.78, 5) is 27.2. The number of carbonyl (C=O) groups is 2. The van der Waals surface area contributed by atoms with Crippen molar-refractivity contribution in [3.8, 4) is 0 Å². The smallest absolute Gasteiger partial charge is 0.194 e. The first-order valence-electron chi connectivity index (χ1n) is 11.6. The van der Waals surface area contributed by atoms with Gasteiger partial charge in [-0.3, -0.25) is 9.59 Å². The Hall–Kier alpha value is -4.04. The Labute approximate surface area is 199 Å². The lowest BCUT2D eigenvalue weighted by molar-refractivity contribution is 0.102. The van der Waals surface area contributed by atoms with Crippen molar-refractivity contribution in [1.82, 2.24) is 0 Å². The van der Waals surface area contributed by atoms with Gasteiger partial charge in [0.1, 0.15) is 0 Å². The van der Waals surface area contributed by atoms with Crippen LogP contribution in [0.2, 0.25) is 0 Å². The fourth-order valence-corrected chi connectivity index (χ4v) is 5.83. The van der Waals surface area contributed by atoms with Crippen LogP contribution in [0.5, 0.6) is 0 Å². The van der Waals surface area contributed by atoms with Gasteiger partial charge in [0.15, 0.2) is 11.6 Å². The fraction of sp³-hybridized carbons (Fsp3) is 0.125. The first-order chi connectivity index (χ1) is 16.4. The van der Waals surface area contributed by atoms with Crippen LogP contribution in [0.4, 0.5) is 0 Å². The molecule has 0 aromatic heterocycles. The number of aryl methyl sites for hydroxylation is 4. The summed E-state index contributed by atoms with van der Waals surface area (Å²) in [5, 5.41) is 0. The molecule has 0 heterocycles. The summed E-state index contributed by atoms with van der Waals surface area (Å²) < 4.78 is 0. The van der Waals surface area contributed by atoms with Crippen molar-refractivity contribution < 1.29 is 9.59 Å². The van der Waals surface area contributed by atoms with Gasteiger partial charge in [-0.2, -0.15) is 0 Å². The molecule has 4 aromatic carbocycles. The molecule has 0 amide bonds. The van der Waals surface area contributed by atoms with E-state index in [9.17, 15) is 9.59 Å². The molecule has 0 radical (unpaired) electrons. The van der Waals surface area contributed by atoms with Crippen molar-refractivity contribution >= 4 is 22.7 Å². The van der Waals surface area contributed by atoms with Crippen LogP contribution in [0.15, 0.2) is 72.8 Å². The van der Waals surface area contributed by atoms with Crippen molar-refractivity contribution in [1.29, 1.82) is 0 Å². The average molecular weight is 441 g/mol. The number of rotatable bonds is 0. The molecule has 0 bridgehead atoms. The zero-order valence-electron chi connectivity index (χ0n) is 19.7. The second-order valence-electron chi connectivity index (χ2n) is 9.51. The number of ketones is 2. The minimum atomic E-state index is 0.0581. The number of carbonyl (C=O) groups excluding carboxylic acids is 2. The first kappa shape index (κ1) is 20.6. The Morgan fingerprint density at radius 3 is 1.18 bits per heavy atom. The molecule has 0 saturated heterocycles. The number of hydrogen-bond donors (Lipinski definition) is 0. The van der Waals surface area contributed by atoms with E-state index in [2.05, 4.69) is 26.0 Å². The van der Waals surface area contributed by atoms with Gasteiger partial charge in [-0.1, -0.05) is 71.8 Å². The second kappa shape index (κ2) is 7.23. The quantitative estimate of drug-likeness (QED) is 0.254. The molecule has 164 valence electrons. The Morgan fingerprint density at radius 1 is 0.441 bits per heavy atom. The van der Waals surface area contributed by atoms with E-state index in [1.54, 1.807) is 0 Å². The van der Waals surface area contributed by atoms with Crippen LogP contribution in [-0.4, -0.2) is 11.6 Å². The molecular formula is C32H24O2. The lowest BCUT2D eigenvalue weighted by atomic mass is 9.70. The van der Waals surface area contributed by atoms with Crippen LogP contribution in [0.3, 0.4) is 0 Å². The molecule has 0 aliphatic heterocycles. The zero-order chi connectivity index (χ0) is 23.7. The summed E-state index contributed by atoms with van der Waals surface area (Å²) >= 11 is 0. The van der Waals surface area contributed by atoms with Crippen LogP contribution in [0.25, 0.3) is 11.1 Å². The predicted molar refractivity (Wildman–Crippen MR) is 137 cm³/mol. The maximum absolute atomic E-state index is 13.6. The molecule has 2 nitrogen and oxygen atoms in total. The molecule has 2 heteroatoms. The molecule has 0 saturated carbocycles. The van der Waals surface area contributed by atoms with Gasteiger partial charge >= 0.3 is 0 Å². The largest absolute Gasteiger partial charge is 0.289 e. The second-order valence-corrected chi connectivity index (χ2v) is 9.51. The van der Waals surface area contributed by atoms with E-state index >= 15 is 0 Å². The average Bonchev–Trinajstić information content (AvgIpc) is 2.81.